The fourth-order valence-corrected chi connectivity index (χ4v) is 2.55. The maximum atomic E-state index is 5.60. The summed E-state index contributed by atoms with van der Waals surface area (Å²) < 4.78 is 0. The molecular formula is C16H17N5. The Balaban J connectivity index is 2.26. The number of hydrogen-bond donors (Lipinski definition) is 2. The fourth-order valence-electron chi connectivity index (χ4n) is 2.55. The highest BCUT2D eigenvalue weighted by Gasteiger charge is 2.13. The molecule has 5 heteroatoms. The molecule has 0 spiro atoms. The second-order valence-electron chi connectivity index (χ2n) is 4.87. The number of pyridine rings is 1. The van der Waals surface area contributed by atoms with Gasteiger partial charge in [0.05, 0.1) is 0 Å². The van der Waals surface area contributed by atoms with E-state index in [1.54, 1.807) is 6.20 Å². The van der Waals surface area contributed by atoms with Gasteiger partial charge in [-0.25, -0.2) is 15.8 Å². The molecule has 0 atom stereocenters. The van der Waals surface area contributed by atoms with Crippen LogP contribution in [0, 0.1) is 6.92 Å². The van der Waals surface area contributed by atoms with E-state index in [1.165, 1.54) is 0 Å². The van der Waals surface area contributed by atoms with Gasteiger partial charge in [0, 0.05) is 34.6 Å². The second-order valence-corrected chi connectivity index (χ2v) is 4.87. The lowest BCUT2D eigenvalue weighted by Gasteiger charge is -2.12. The minimum atomic E-state index is 0.641. The quantitative estimate of drug-likeness (QED) is 0.569. The van der Waals surface area contributed by atoms with E-state index in [0.717, 1.165) is 34.0 Å². The van der Waals surface area contributed by atoms with Gasteiger partial charge in [-0.1, -0.05) is 31.2 Å². The first kappa shape index (κ1) is 13.5. The third-order valence-corrected chi connectivity index (χ3v) is 3.61. The molecule has 0 aliphatic carbocycles. The zero-order valence-corrected chi connectivity index (χ0v) is 12.1. The Kier molecular flexibility index (Phi) is 3.50. The van der Waals surface area contributed by atoms with Crippen LogP contribution in [0.25, 0.3) is 22.2 Å². The highest BCUT2D eigenvalue weighted by Crippen LogP contribution is 2.27. The number of benzene rings is 1. The molecule has 0 radical (unpaired) electrons. The second kappa shape index (κ2) is 5.46. The Morgan fingerprint density at radius 3 is 2.71 bits per heavy atom. The molecule has 1 aromatic carbocycles. The minimum absolute atomic E-state index is 0.641. The maximum Gasteiger partial charge on any atom is 0.164 e. The summed E-state index contributed by atoms with van der Waals surface area (Å²) >= 11 is 0. The predicted octanol–water partition coefficient (Wildman–Crippen LogP) is 2.85. The third-order valence-electron chi connectivity index (χ3n) is 3.61. The van der Waals surface area contributed by atoms with Crippen LogP contribution in [0.15, 0.2) is 36.7 Å². The number of aromatic nitrogens is 3. The van der Waals surface area contributed by atoms with Crippen molar-refractivity contribution in [1.29, 1.82) is 0 Å². The molecule has 0 saturated carbocycles. The molecule has 3 rings (SSSR count). The van der Waals surface area contributed by atoms with E-state index in [9.17, 15) is 0 Å². The first-order chi connectivity index (χ1) is 10.2. The Morgan fingerprint density at radius 1 is 1.14 bits per heavy atom. The molecule has 21 heavy (non-hydrogen) atoms. The van der Waals surface area contributed by atoms with Crippen molar-refractivity contribution in [2.75, 3.05) is 5.43 Å². The van der Waals surface area contributed by atoms with Gasteiger partial charge in [0.25, 0.3) is 0 Å². The van der Waals surface area contributed by atoms with E-state index in [-0.39, 0.29) is 0 Å². The van der Waals surface area contributed by atoms with Gasteiger partial charge >= 0.3 is 0 Å². The van der Waals surface area contributed by atoms with Gasteiger partial charge in [0.1, 0.15) is 5.82 Å². The number of hydrazine groups is 1. The van der Waals surface area contributed by atoms with E-state index in [2.05, 4.69) is 27.3 Å². The summed E-state index contributed by atoms with van der Waals surface area (Å²) in [5.41, 5.74) is 5.56. The molecular weight excluding hydrogens is 262 g/mol. The van der Waals surface area contributed by atoms with Crippen LogP contribution in [-0.4, -0.2) is 15.0 Å². The van der Waals surface area contributed by atoms with Crippen LogP contribution in [0.1, 0.15) is 18.2 Å². The first-order valence-electron chi connectivity index (χ1n) is 6.91. The van der Waals surface area contributed by atoms with Crippen molar-refractivity contribution in [3.8, 4) is 11.4 Å². The van der Waals surface area contributed by atoms with Crippen LogP contribution < -0.4 is 11.3 Å². The SMILES string of the molecule is CCc1c(C)nc(-c2cncc3ccccc23)nc1NN. The van der Waals surface area contributed by atoms with Gasteiger partial charge in [-0.05, 0) is 18.7 Å². The van der Waals surface area contributed by atoms with Crippen LogP contribution >= 0.6 is 0 Å². The van der Waals surface area contributed by atoms with Crippen molar-refractivity contribution in [2.24, 2.45) is 5.84 Å². The molecule has 0 bridgehead atoms. The molecule has 0 aliphatic heterocycles. The number of fused-ring (bicyclic) bond motifs is 1. The molecule has 0 fully saturated rings. The number of nitrogens with two attached hydrogens (primary N) is 1. The molecule has 2 aromatic heterocycles. The average molecular weight is 279 g/mol. The number of hydrogen-bond acceptors (Lipinski definition) is 5. The molecule has 3 N–H and O–H groups in total. The smallest absolute Gasteiger partial charge is 0.164 e. The average Bonchev–Trinajstić information content (AvgIpc) is 2.53. The lowest BCUT2D eigenvalue weighted by atomic mass is 10.1. The summed E-state index contributed by atoms with van der Waals surface area (Å²) in [7, 11) is 0. The number of nitrogens with one attached hydrogen (secondary N) is 1. The molecule has 106 valence electrons. The van der Waals surface area contributed by atoms with E-state index in [4.69, 9.17) is 5.84 Å². The van der Waals surface area contributed by atoms with Crippen LogP contribution in [0.3, 0.4) is 0 Å². The van der Waals surface area contributed by atoms with Gasteiger partial charge in [-0.15, -0.1) is 0 Å². The zero-order valence-electron chi connectivity index (χ0n) is 12.1. The molecule has 0 saturated heterocycles. The molecule has 0 amide bonds. The highest BCUT2D eigenvalue weighted by atomic mass is 15.3. The first-order valence-corrected chi connectivity index (χ1v) is 6.91. The zero-order chi connectivity index (χ0) is 14.8. The Morgan fingerprint density at radius 2 is 1.95 bits per heavy atom. The van der Waals surface area contributed by atoms with Crippen molar-refractivity contribution in [3.63, 3.8) is 0 Å². The van der Waals surface area contributed by atoms with Crippen molar-refractivity contribution >= 4 is 16.6 Å². The minimum Gasteiger partial charge on any atom is -0.308 e. The summed E-state index contributed by atoms with van der Waals surface area (Å²) in [6, 6.07) is 8.07. The van der Waals surface area contributed by atoms with E-state index in [1.807, 2.05) is 37.4 Å². The highest BCUT2D eigenvalue weighted by molar-refractivity contribution is 5.94. The molecule has 0 unspecified atom stereocenters. The number of anilines is 1. The standard InChI is InChI=1S/C16H17N5/c1-3-12-10(2)19-15(20-16(12)21-17)14-9-18-8-11-6-4-5-7-13(11)14/h4-9H,3,17H2,1-2H3,(H,19,20,21). The van der Waals surface area contributed by atoms with Crippen LogP contribution in [0.4, 0.5) is 5.82 Å². The van der Waals surface area contributed by atoms with Gasteiger partial charge < -0.3 is 5.43 Å². The van der Waals surface area contributed by atoms with Crippen molar-refractivity contribution < 1.29 is 0 Å². The molecule has 2 heterocycles. The summed E-state index contributed by atoms with van der Waals surface area (Å²) in [5.74, 6) is 6.91. The van der Waals surface area contributed by atoms with E-state index >= 15 is 0 Å². The molecule has 5 nitrogen and oxygen atoms in total. The fraction of sp³-hybridized carbons (Fsp3) is 0.188. The Hall–Kier alpha value is -2.53. The Bertz CT molecular complexity index is 793. The summed E-state index contributed by atoms with van der Waals surface area (Å²) in [6.45, 7) is 4.04. The lowest BCUT2D eigenvalue weighted by molar-refractivity contribution is 0.995. The lowest BCUT2D eigenvalue weighted by Crippen LogP contribution is -2.13. The van der Waals surface area contributed by atoms with Crippen LogP contribution in [0.2, 0.25) is 0 Å². The molecule has 0 aliphatic rings. The van der Waals surface area contributed by atoms with Crippen molar-refractivity contribution in [2.45, 2.75) is 20.3 Å². The van der Waals surface area contributed by atoms with Gasteiger partial charge in [-0.2, -0.15) is 0 Å². The maximum absolute atomic E-state index is 5.60. The number of nitrogen functional groups attached to an aromatic ring is 1. The van der Waals surface area contributed by atoms with Gasteiger partial charge in [-0.3, -0.25) is 4.98 Å². The monoisotopic (exact) mass is 279 g/mol. The summed E-state index contributed by atoms with van der Waals surface area (Å²) in [4.78, 5) is 13.5. The van der Waals surface area contributed by atoms with Crippen LogP contribution in [-0.2, 0) is 6.42 Å². The third kappa shape index (κ3) is 2.32. The van der Waals surface area contributed by atoms with E-state index < -0.39 is 0 Å². The normalized spacial score (nSPS) is 10.8. The Labute approximate surface area is 123 Å². The van der Waals surface area contributed by atoms with Crippen molar-refractivity contribution in [3.05, 3.63) is 47.9 Å². The topological polar surface area (TPSA) is 76.7 Å². The van der Waals surface area contributed by atoms with Crippen molar-refractivity contribution in [1.82, 2.24) is 15.0 Å². The summed E-state index contributed by atoms with van der Waals surface area (Å²) in [5, 5.41) is 2.15. The number of rotatable bonds is 3. The predicted molar refractivity (Wildman–Crippen MR) is 84.7 cm³/mol. The van der Waals surface area contributed by atoms with E-state index in [0.29, 0.717) is 11.6 Å². The number of aryl methyl sites for hydroxylation is 1. The van der Waals surface area contributed by atoms with Gasteiger partial charge in [0.2, 0.25) is 0 Å². The van der Waals surface area contributed by atoms with Crippen LogP contribution in [0.5, 0.6) is 0 Å². The van der Waals surface area contributed by atoms with Gasteiger partial charge in [0.15, 0.2) is 5.82 Å². The summed E-state index contributed by atoms with van der Waals surface area (Å²) in [6.07, 6.45) is 4.47. The molecule has 3 aromatic rings. The largest absolute Gasteiger partial charge is 0.308 e. The number of nitrogens with zero attached hydrogens (tertiary/aromatic N) is 3.